The maximum atomic E-state index is 10.6. The summed E-state index contributed by atoms with van der Waals surface area (Å²) in [4.78, 5) is 17.9. The van der Waals surface area contributed by atoms with E-state index in [1.807, 2.05) is 13.8 Å². The molecule has 0 aliphatic carbocycles. The first kappa shape index (κ1) is 10.5. The van der Waals surface area contributed by atoms with Gasteiger partial charge < -0.3 is 10.1 Å². The van der Waals surface area contributed by atoms with Gasteiger partial charge in [0.2, 0.25) is 0 Å². The fraction of sp³-hybridized carbons (Fsp3) is 0.400. The molecule has 0 saturated heterocycles. The number of nitrogens with zero attached hydrogens (tertiary/aromatic N) is 1. The molecule has 0 aliphatic rings. The van der Waals surface area contributed by atoms with E-state index in [1.54, 1.807) is 13.0 Å². The van der Waals surface area contributed by atoms with Crippen molar-refractivity contribution in [2.75, 3.05) is 0 Å². The average Bonchev–Trinajstić information content (AvgIpc) is 2.47. The number of aliphatic carboxylic acids is 1. The lowest BCUT2D eigenvalue weighted by atomic mass is 10.2. The molecule has 14 heavy (non-hydrogen) atoms. The second kappa shape index (κ2) is 4.09. The van der Waals surface area contributed by atoms with Gasteiger partial charge in [0.1, 0.15) is 5.82 Å². The van der Waals surface area contributed by atoms with Gasteiger partial charge in [0.25, 0.3) is 0 Å². The molecule has 1 heterocycles. The number of hydrogen-bond donors (Lipinski definition) is 2. The minimum atomic E-state index is -0.912. The number of carboxylic acid groups (broad SMARTS) is 1. The fourth-order valence-corrected chi connectivity index (χ4v) is 1.11. The summed E-state index contributed by atoms with van der Waals surface area (Å²) in [5.41, 5.74) is 1.91. The van der Waals surface area contributed by atoms with Crippen molar-refractivity contribution in [2.24, 2.45) is 0 Å². The standard InChI is InChI=1S/C10H14N2O2/c1-4-9-11-7(3)8(12-9)5-6(2)10(13)14/h5H,4H2,1-3H3,(H,11,12)(H,13,14)/b6-5+. The largest absolute Gasteiger partial charge is 0.478 e. The number of H-pyrrole nitrogens is 1. The number of imidazole rings is 1. The summed E-state index contributed by atoms with van der Waals surface area (Å²) in [6.07, 6.45) is 2.40. The van der Waals surface area contributed by atoms with Gasteiger partial charge in [-0.05, 0) is 19.9 Å². The predicted molar refractivity (Wildman–Crippen MR) is 54.0 cm³/mol. The molecule has 0 atom stereocenters. The van der Waals surface area contributed by atoms with E-state index in [1.165, 1.54) is 0 Å². The molecule has 1 rings (SSSR count). The number of aromatic amines is 1. The maximum Gasteiger partial charge on any atom is 0.331 e. The van der Waals surface area contributed by atoms with Crippen molar-refractivity contribution < 1.29 is 9.90 Å². The Kier molecular flexibility index (Phi) is 3.06. The lowest BCUT2D eigenvalue weighted by Gasteiger charge is -1.91. The highest BCUT2D eigenvalue weighted by molar-refractivity contribution is 5.91. The number of aryl methyl sites for hydroxylation is 2. The van der Waals surface area contributed by atoms with Gasteiger partial charge in [0.05, 0.1) is 5.69 Å². The minimum Gasteiger partial charge on any atom is -0.478 e. The van der Waals surface area contributed by atoms with Gasteiger partial charge in [-0.15, -0.1) is 0 Å². The van der Waals surface area contributed by atoms with E-state index >= 15 is 0 Å². The highest BCUT2D eigenvalue weighted by Crippen LogP contribution is 2.10. The quantitative estimate of drug-likeness (QED) is 0.720. The molecular formula is C10H14N2O2. The summed E-state index contributed by atoms with van der Waals surface area (Å²) < 4.78 is 0. The van der Waals surface area contributed by atoms with Gasteiger partial charge >= 0.3 is 5.97 Å². The van der Waals surface area contributed by atoms with Gasteiger partial charge in [-0.3, -0.25) is 0 Å². The number of hydrogen-bond acceptors (Lipinski definition) is 2. The Hall–Kier alpha value is -1.58. The Balaban J connectivity index is 3.02. The second-order valence-electron chi connectivity index (χ2n) is 3.18. The molecule has 0 saturated carbocycles. The normalized spacial score (nSPS) is 11.8. The zero-order valence-corrected chi connectivity index (χ0v) is 8.59. The SMILES string of the molecule is CCc1nc(/C=C(\C)C(=O)O)c(C)[nH]1. The third-order valence-corrected chi connectivity index (χ3v) is 2.00. The summed E-state index contributed by atoms with van der Waals surface area (Å²) >= 11 is 0. The summed E-state index contributed by atoms with van der Waals surface area (Å²) in [6.45, 7) is 5.44. The number of carbonyl (C=O) groups is 1. The Morgan fingerprint density at radius 3 is 2.71 bits per heavy atom. The fourth-order valence-electron chi connectivity index (χ4n) is 1.11. The minimum absolute atomic E-state index is 0.294. The van der Waals surface area contributed by atoms with Crippen LogP contribution >= 0.6 is 0 Å². The topological polar surface area (TPSA) is 66.0 Å². The van der Waals surface area contributed by atoms with Gasteiger partial charge in [-0.2, -0.15) is 0 Å². The number of carboxylic acids is 1. The van der Waals surface area contributed by atoms with Crippen LogP contribution in [0.5, 0.6) is 0 Å². The first-order valence-corrected chi connectivity index (χ1v) is 4.51. The molecule has 76 valence electrons. The summed E-state index contributed by atoms with van der Waals surface area (Å²) in [6, 6.07) is 0. The third-order valence-electron chi connectivity index (χ3n) is 2.00. The molecule has 2 N–H and O–H groups in total. The molecule has 0 aromatic carbocycles. The van der Waals surface area contributed by atoms with Crippen molar-refractivity contribution in [2.45, 2.75) is 27.2 Å². The summed E-state index contributed by atoms with van der Waals surface area (Å²) in [5.74, 6) is -0.0302. The third kappa shape index (κ3) is 2.22. The average molecular weight is 194 g/mol. The van der Waals surface area contributed by atoms with E-state index in [2.05, 4.69) is 9.97 Å². The van der Waals surface area contributed by atoms with E-state index < -0.39 is 5.97 Å². The van der Waals surface area contributed by atoms with Crippen molar-refractivity contribution >= 4 is 12.0 Å². The maximum absolute atomic E-state index is 10.6. The summed E-state index contributed by atoms with van der Waals surface area (Å²) in [5, 5.41) is 8.69. The molecule has 0 bridgehead atoms. The van der Waals surface area contributed by atoms with Crippen LogP contribution in [-0.4, -0.2) is 21.0 Å². The molecule has 0 unspecified atom stereocenters. The smallest absolute Gasteiger partial charge is 0.331 e. The zero-order valence-electron chi connectivity index (χ0n) is 8.59. The van der Waals surface area contributed by atoms with Crippen LogP contribution in [0.25, 0.3) is 6.08 Å². The molecule has 4 heteroatoms. The zero-order chi connectivity index (χ0) is 10.7. The molecule has 0 amide bonds. The monoisotopic (exact) mass is 194 g/mol. The van der Waals surface area contributed by atoms with Gasteiger partial charge in [-0.25, -0.2) is 9.78 Å². The van der Waals surface area contributed by atoms with Crippen LogP contribution in [-0.2, 0) is 11.2 Å². The molecular weight excluding hydrogens is 180 g/mol. The first-order valence-electron chi connectivity index (χ1n) is 4.51. The Morgan fingerprint density at radius 2 is 2.29 bits per heavy atom. The number of nitrogens with one attached hydrogen (secondary N) is 1. The van der Waals surface area contributed by atoms with Crippen LogP contribution in [0.3, 0.4) is 0 Å². The van der Waals surface area contributed by atoms with Crippen molar-refractivity contribution in [1.82, 2.24) is 9.97 Å². The van der Waals surface area contributed by atoms with E-state index in [0.29, 0.717) is 11.3 Å². The van der Waals surface area contributed by atoms with Crippen LogP contribution in [0.4, 0.5) is 0 Å². The van der Waals surface area contributed by atoms with E-state index in [9.17, 15) is 4.79 Å². The molecule has 1 aromatic rings. The van der Waals surface area contributed by atoms with Gasteiger partial charge in [0.15, 0.2) is 0 Å². The molecule has 0 aliphatic heterocycles. The lowest BCUT2D eigenvalue weighted by Crippen LogP contribution is -1.95. The van der Waals surface area contributed by atoms with Crippen LogP contribution in [0, 0.1) is 6.92 Å². The molecule has 4 nitrogen and oxygen atoms in total. The Bertz CT molecular complexity index is 377. The van der Waals surface area contributed by atoms with Crippen LogP contribution < -0.4 is 0 Å². The van der Waals surface area contributed by atoms with Gasteiger partial charge in [-0.1, -0.05) is 6.92 Å². The summed E-state index contributed by atoms with van der Waals surface area (Å²) in [7, 11) is 0. The molecule has 0 fully saturated rings. The van der Waals surface area contributed by atoms with Crippen molar-refractivity contribution in [1.29, 1.82) is 0 Å². The second-order valence-corrected chi connectivity index (χ2v) is 3.18. The number of aromatic nitrogens is 2. The van der Waals surface area contributed by atoms with Crippen molar-refractivity contribution in [3.63, 3.8) is 0 Å². The number of rotatable bonds is 3. The van der Waals surface area contributed by atoms with Crippen LogP contribution in [0.1, 0.15) is 31.1 Å². The van der Waals surface area contributed by atoms with Crippen molar-refractivity contribution in [3.05, 3.63) is 22.8 Å². The Morgan fingerprint density at radius 1 is 1.64 bits per heavy atom. The van der Waals surface area contributed by atoms with Crippen molar-refractivity contribution in [3.8, 4) is 0 Å². The highest BCUT2D eigenvalue weighted by atomic mass is 16.4. The first-order chi connectivity index (χ1) is 6.54. The van der Waals surface area contributed by atoms with E-state index in [-0.39, 0.29) is 0 Å². The van der Waals surface area contributed by atoms with Crippen LogP contribution in [0.15, 0.2) is 5.57 Å². The Labute approximate surface area is 82.7 Å². The molecule has 0 spiro atoms. The highest BCUT2D eigenvalue weighted by Gasteiger charge is 2.05. The van der Waals surface area contributed by atoms with E-state index in [0.717, 1.165) is 17.9 Å². The van der Waals surface area contributed by atoms with Crippen LogP contribution in [0.2, 0.25) is 0 Å². The molecule has 1 aromatic heterocycles. The molecule has 0 radical (unpaired) electrons. The van der Waals surface area contributed by atoms with E-state index in [4.69, 9.17) is 5.11 Å². The lowest BCUT2D eigenvalue weighted by molar-refractivity contribution is -0.132. The predicted octanol–water partition coefficient (Wildman–Crippen LogP) is 1.77. The van der Waals surface area contributed by atoms with Gasteiger partial charge in [0, 0.05) is 17.7 Å².